The van der Waals surface area contributed by atoms with E-state index in [4.69, 9.17) is 11.7 Å². The summed E-state index contributed by atoms with van der Waals surface area (Å²) < 4.78 is 36.7. The van der Waals surface area contributed by atoms with E-state index in [-0.39, 0.29) is 17.8 Å². The molecular weight excluding hydrogens is 465 g/mol. The standard InChI is InChI=1S/C23H27F3N6OS/c1-14-7-9-15(10-8-14)17-12-18(30-21(33)19(17)20(31-27)32-28)22-29-13-16(34-22)6-4-2-3-5-11-23(24,25)26/h7-10,12-13H,2-6,11,27-28H2,1H3,(H,30,33)(H,31,32). The summed E-state index contributed by atoms with van der Waals surface area (Å²) in [6.45, 7) is 1.97. The van der Waals surface area contributed by atoms with Gasteiger partial charge >= 0.3 is 6.18 Å². The third-order valence-corrected chi connectivity index (χ3v) is 6.41. The second kappa shape index (κ2) is 11.3. The smallest absolute Gasteiger partial charge is 0.321 e. The predicted molar refractivity (Wildman–Crippen MR) is 129 cm³/mol. The Morgan fingerprint density at radius 2 is 1.88 bits per heavy atom. The van der Waals surface area contributed by atoms with Gasteiger partial charge in [-0.25, -0.2) is 10.8 Å². The van der Waals surface area contributed by atoms with Crippen LogP contribution in [0.5, 0.6) is 0 Å². The molecule has 182 valence electrons. The molecule has 0 unspecified atom stereocenters. The zero-order valence-corrected chi connectivity index (χ0v) is 19.5. The number of pyridine rings is 1. The summed E-state index contributed by atoms with van der Waals surface area (Å²) in [7, 11) is 0. The number of nitrogens with zero attached hydrogens (tertiary/aromatic N) is 2. The number of benzene rings is 1. The van der Waals surface area contributed by atoms with Crippen LogP contribution < -0.4 is 22.7 Å². The number of halogens is 3. The molecule has 3 rings (SSSR count). The number of rotatable bonds is 9. The lowest BCUT2D eigenvalue weighted by molar-refractivity contribution is -0.135. The van der Waals surface area contributed by atoms with Crippen LogP contribution >= 0.6 is 11.3 Å². The van der Waals surface area contributed by atoms with E-state index in [2.05, 4.69) is 20.5 Å². The summed E-state index contributed by atoms with van der Waals surface area (Å²) >= 11 is 1.44. The number of alkyl halides is 3. The molecule has 2 heterocycles. The number of nitrogens with one attached hydrogen (secondary N) is 2. The summed E-state index contributed by atoms with van der Waals surface area (Å²) in [5.41, 5.74) is 5.17. The Balaban J connectivity index is 1.81. The fourth-order valence-corrected chi connectivity index (χ4v) is 4.50. The van der Waals surface area contributed by atoms with Crippen LogP contribution in [0.3, 0.4) is 0 Å². The van der Waals surface area contributed by atoms with E-state index in [0.29, 0.717) is 22.7 Å². The molecule has 0 spiro atoms. The van der Waals surface area contributed by atoms with Gasteiger partial charge in [0.05, 0.1) is 11.3 Å². The molecule has 0 bridgehead atoms. The van der Waals surface area contributed by atoms with Gasteiger partial charge in [-0.15, -0.1) is 11.3 Å². The summed E-state index contributed by atoms with van der Waals surface area (Å²) in [4.78, 5) is 21.3. The zero-order valence-electron chi connectivity index (χ0n) is 18.7. The maximum absolute atomic E-state index is 13.0. The lowest BCUT2D eigenvalue weighted by Crippen LogP contribution is -2.36. The summed E-state index contributed by atoms with van der Waals surface area (Å²) in [6, 6.07) is 9.47. The number of thiazole rings is 1. The third-order valence-electron chi connectivity index (χ3n) is 5.32. The number of unbranched alkanes of at least 4 members (excludes halogenated alkanes) is 3. The number of hydrogen-bond acceptors (Lipinski definition) is 6. The van der Waals surface area contributed by atoms with E-state index in [1.165, 1.54) is 11.3 Å². The maximum atomic E-state index is 13.0. The van der Waals surface area contributed by atoms with Gasteiger partial charge in [0.15, 0.2) is 5.84 Å². The van der Waals surface area contributed by atoms with Gasteiger partial charge in [0.2, 0.25) is 0 Å². The first-order valence-corrected chi connectivity index (χ1v) is 11.6. The highest BCUT2D eigenvalue weighted by molar-refractivity contribution is 7.15. The van der Waals surface area contributed by atoms with Gasteiger partial charge in [-0.2, -0.15) is 18.3 Å². The largest absolute Gasteiger partial charge is 0.389 e. The number of hydrazone groups is 1. The minimum absolute atomic E-state index is 0.0497. The van der Waals surface area contributed by atoms with Crippen molar-refractivity contribution in [3.8, 4) is 21.8 Å². The first kappa shape index (κ1) is 25.4. The molecule has 0 aliphatic heterocycles. The molecular formula is C23H27F3N6OS. The van der Waals surface area contributed by atoms with E-state index in [0.717, 1.165) is 35.3 Å². The number of amidine groups is 1. The van der Waals surface area contributed by atoms with Crippen molar-refractivity contribution < 1.29 is 13.2 Å². The summed E-state index contributed by atoms with van der Waals surface area (Å²) in [5, 5.41) is 4.24. The number of hydrogen-bond donors (Lipinski definition) is 4. The zero-order chi connectivity index (χ0) is 24.7. The fraction of sp³-hybridized carbons (Fsp3) is 0.348. The SMILES string of the molecule is Cc1ccc(-c2cc(-c3ncc(CCCCCCC(F)(F)F)s3)[nH]c(=O)c2/C(=N/N)NN)cc1. The highest BCUT2D eigenvalue weighted by atomic mass is 32.1. The maximum Gasteiger partial charge on any atom is 0.389 e. The Kier molecular flexibility index (Phi) is 8.46. The molecule has 0 amide bonds. The average molecular weight is 493 g/mol. The fourth-order valence-electron chi connectivity index (χ4n) is 3.57. The molecule has 1 aromatic carbocycles. The van der Waals surface area contributed by atoms with Crippen molar-refractivity contribution in [2.45, 2.75) is 51.6 Å². The third kappa shape index (κ3) is 6.67. The Hall–Kier alpha value is -3.18. The van der Waals surface area contributed by atoms with Gasteiger partial charge < -0.3 is 16.3 Å². The Bertz CT molecular complexity index is 1180. The summed E-state index contributed by atoms with van der Waals surface area (Å²) in [5.74, 6) is 11.0. The molecule has 0 atom stereocenters. The molecule has 7 nitrogen and oxygen atoms in total. The van der Waals surface area contributed by atoms with Gasteiger partial charge in [-0.05, 0) is 37.8 Å². The van der Waals surface area contributed by atoms with Crippen LogP contribution in [0.15, 0.2) is 46.4 Å². The number of nitrogens with two attached hydrogens (primary N) is 2. The molecule has 0 aliphatic rings. The molecule has 0 aliphatic carbocycles. The van der Waals surface area contributed by atoms with Gasteiger partial charge in [0.1, 0.15) is 5.01 Å². The molecule has 34 heavy (non-hydrogen) atoms. The Labute approximate surface area is 199 Å². The minimum Gasteiger partial charge on any atom is -0.321 e. The van der Waals surface area contributed by atoms with Gasteiger partial charge in [-0.3, -0.25) is 4.79 Å². The van der Waals surface area contributed by atoms with Crippen LogP contribution in [0.2, 0.25) is 0 Å². The molecule has 0 radical (unpaired) electrons. The van der Waals surface area contributed by atoms with Crippen molar-refractivity contribution in [1.29, 1.82) is 0 Å². The van der Waals surface area contributed by atoms with Crippen LogP contribution in [0.4, 0.5) is 13.2 Å². The van der Waals surface area contributed by atoms with Gasteiger partial charge in [-0.1, -0.05) is 42.7 Å². The quantitative estimate of drug-likeness (QED) is 0.114. The van der Waals surface area contributed by atoms with Crippen molar-refractivity contribution in [2.24, 2.45) is 16.8 Å². The van der Waals surface area contributed by atoms with E-state index in [1.807, 2.05) is 37.3 Å². The number of aromatic amines is 1. The normalized spacial score (nSPS) is 12.2. The lowest BCUT2D eigenvalue weighted by atomic mass is 9.98. The highest BCUT2D eigenvalue weighted by Crippen LogP contribution is 2.30. The van der Waals surface area contributed by atoms with Crippen LogP contribution in [0.1, 0.15) is 48.1 Å². The second-order valence-electron chi connectivity index (χ2n) is 7.95. The number of H-pyrrole nitrogens is 1. The molecule has 2 aromatic heterocycles. The van der Waals surface area contributed by atoms with Crippen molar-refractivity contribution in [3.63, 3.8) is 0 Å². The van der Waals surface area contributed by atoms with Crippen LogP contribution in [0, 0.1) is 6.92 Å². The molecule has 0 saturated heterocycles. The van der Waals surface area contributed by atoms with E-state index < -0.39 is 18.2 Å². The Morgan fingerprint density at radius 3 is 2.53 bits per heavy atom. The predicted octanol–water partition coefficient (Wildman–Crippen LogP) is 4.61. The van der Waals surface area contributed by atoms with E-state index >= 15 is 0 Å². The van der Waals surface area contributed by atoms with Crippen molar-refractivity contribution >= 4 is 17.2 Å². The molecule has 6 N–H and O–H groups in total. The lowest BCUT2D eigenvalue weighted by Gasteiger charge is -2.12. The van der Waals surface area contributed by atoms with Crippen LogP contribution in [-0.4, -0.2) is 22.0 Å². The van der Waals surface area contributed by atoms with Crippen LogP contribution in [-0.2, 0) is 6.42 Å². The van der Waals surface area contributed by atoms with Crippen LogP contribution in [0.25, 0.3) is 21.8 Å². The highest BCUT2D eigenvalue weighted by Gasteiger charge is 2.25. The second-order valence-corrected chi connectivity index (χ2v) is 9.07. The minimum atomic E-state index is -4.09. The molecule has 0 saturated carbocycles. The number of aromatic nitrogens is 2. The number of aryl methyl sites for hydroxylation is 2. The number of hydrazine groups is 1. The average Bonchev–Trinajstić information content (AvgIpc) is 3.26. The van der Waals surface area contributed by atoms with Crippen molar-refractivity contribution in [2.75, 3.05) is 0 Å². The monoisotopic (exact) mass is 492 g/mol. The van der Waals surface area contributed by atoms with Gasteiger partial charge in [0, 0.05) is 23.1 Å². The van der Waals surface area contributed by atoms with E-state index in [1.54, 1.807) is 6.20 Å². The van der Waals surface area contributed by atoms with E-state index in [9.17, 15) is 18.0 Å². The Morgan fingerprint density at radius 1 is 1.18 bits per heavy atom. The molecule has 3 aromatic rings. The molecule has 0 fully saturated rings. The van der Waals surface area contributed by atoms with Gasteiger partial charge in [0.25, 0.3) is 5.56 Å². The van der Waals surface area contributed by atoms with Crippen molar-refractivity contribution in [3.05, 3.63) is 62.9 Å². The topological polar surface area (TPSA) is 122 Å². The summed E-state index contributed by atoms with van der Waals surface area (Å²) in [6.07, 6.45) is -0.173. The molecule has 11 heteroatoms. The first-order valence-electron chi connectivity index (χ1n) is 10.8. The first-order chi connectivity index (χ1) is 16.2. The van der Waals surface area contributed by atoms with Crippen molar-refractivity contribution in [1.82, 2.24) is 15.4 Å².